The number of fused-ring (bicyclic) bond motifs is 6. The third kappa shape index (κ3) is 8.71. The quantitative estimate of drug-likeness (QED) is 0.0433. The lowest BCUT2D eigenvalue weighted by atomic mass is 9.64. The molecule has 3 aliphatic carbocycles. The Kier molecular flexibility index (Phi) is 12.6. The number of anilines is 1. The summed E-state index contributed by atoms with van der Waals surface area (Å²) in [5, 5.41) is 33.5. The number of para-hydroxylation sites is 1. The Morgan fingerprint density at radius 1 is 1.01 bits per heavy atom. The molecule has 6 unspecified atom stereocenters. The molecule has 4 aromatic rings. The monoisotopic (exact) mass is 904 g/mol. The number of phenols is 2. The van der Waals surface area contributed by atoms with E-state index in [4.69, 9.17) is 24.7 Å². The standard InChI is InChI=1S/C56H64N4O7/c1-4-58-46-14-8-5-10-34(46)16-17-40-36-22-23-56(30-36)31-37-26-39(62)28-50(64-3)52(37)43-19-18-42-45(32-66-33(2)61)54(67-55(42)53(43)56)44-29-49(65-25-24-59-38-12-6-7-13-38)48(63)27-35(44)11-9-15-47-41(40)20-21-51(57)60-47/h5,8,10,14,18-21,26-29,36,38,40,45,51,54,58-60,62-63H,4,6-7,11-13,16-17,22-25,30-32,57H2,1-3H3. The zero-order valence-electron chi connectivity index (χ0n) is 39.0. The van der Waals surface area contributed by atoms with E-state index in [0.29, 0.717) is 43.5 Å². The van der Waals surface area contributed by atoms with Crippen molar-refractivity contribution in [2.45, 2.75) is 114 Å². The molecular formula is C56H64N4O7. The topological polar surface area (TPSA) is 157 Å². The molecule has 6 atom stereocenters. The van der Waals surface area contributed by atoms with Crippen LogP contribution in [0.25, 0.3) is 11.1 Å². The number of hydrogen-bond donors (Lipinski definition) is 6. The fourth-order valence-electron chi connectivity index (χ4n) is 12.4. The largest absolute Gasteiger partial charge is 0.508 e. The van der Waals surface area contributed by atoms with Gasteiger partial charge in [-0.05, 0) is 134 Å². The van der Waals surface area contributed by atoms with Gasteiger partial charge in [-0.2, -0.15) is 0 Å². The third-order valence-corrected chi connectivity index (χ3v) is 15.4. The Morgan fingerprint density at radius 2 is 1.87 bits per heavy atom. The number of aromatic hydroxyl groups is 2. The lowest BCUT2D eigenvalue weighted by molar-refractivity contribution is -0.141. The van der Waals surface area contributed by atoms with Gasteiger partial charge in [0.05, 0.1) is 24.9 Å². The molecular weight excluding hydrogens is 841 g/mol. The Morgan fingerprint density at radius 3 is 2.69 bits per heavy atom. The summed E-state index contributed by atoms with van der Waals surface area (Å²) in [5.74, 6) is 8.73. The highest BCUT2D eigenvalue weighted by Crippen LogP contribution is 2.63. The summed E-state index contributed by atoms with van der Waals surface area (Å²) in [5.41, 5.74) is 17.4. The second-order valence-electron chi connectivity index (χ2n) is 19.5. The number of carbonyl (C=O) groups is 1. The lowest BCUT2D eigenvalue weighted by Gasteiger charge is -2.40. The third-order valence-electron chi connectivity index (χ3n) is 15.4. The van der Waals surface area contributed by atoms with Crippen LogP contribution in [-0.4, -0.2) is 61.8 Å². The predicted molar refractivity (Wildman–Crippen MR) is 261 cm³/mol. The summed E-state index contributed by atoms with van der Waals surface area (Å²) in [4.78, 5) is 12.6. The van der Waals surface area contributed by atoms with Crippen molar-refractivity contribution in [3.05, 3.63) is 117 Å². The van der Waals surface area contributed by atoms with Crippen LogP contribution in [0, 0.1) is 23.7 Å². The van der Waals surface area contributed by atoms with Crippen molar-refractivity contribution in [2.24, 2.45) is 17.6 Å². The summed E-state index contributed by atoms with van der Waals surface area (Å²) in [7, 11) is 1.65. The van der Waals surface area contributed by atoms with Gasteiger partial charge in [-0.15, -0.1) is 0 Å². The van der Waals surface area contributed by atoms with E-state index >= 15 is 0 Å². The van der Waals surface area contributed by atoms with Crippen LogP contribution in [0.5, 0.6) is 28.7 Å². The molecule has 0 aromatic heterocycles. The first kappa shape index (κ1) is 44.7. The van der Waals surface area contributed by atoms with E-state index < -0.39 is 12.3 Å². The lowest BCUT2D eigenvalue weighted by Crippen LogP contribution is -2.38. The second-order valence-corrected chi connectivity index (χ2v) is 19.5. The summed E-state index contributed by atoms with van der Waals surface area (Å²) in [6.07, 6.45) is 13.6. The normalized spacial score (nSPS) is 24.4. The summed E-state index contributed by atoms with van der Waals surface area (Å²) >= 11 is 0. The summed E-state index contributed by atoms with van der Waals surface area (Å²) in [6.45, 7) is 5.56. The van der Waals surface area contributed by atoms with Crippen LogP contribution in [0.15, 0.2) is 84.1 Å². The number of allylic oxidation sites excluding steroid dienone is 3. The van der Waals surface area contributed by atoms with Crippen molar-refractivity contribution >= 4 is 11.7 Å². The molecule has 2 fully saturated rings. The Bertz CT molecular complexity index is 2680. The van der Waals surface area contributed by atoms with Crippen molar-refractivity contribution in [3.63, 3.8) is 0 Å². The maximum absolute atomic E-state index is 12.6. The van der Waals surface area contributed by atoms with Gasteiger partial charge in [0, 0.05) is 71.9 Å². The Hall–Kier alpha value is -6.09. The zero-order valence-corrected chi connectivity index (χ0v) is 39.0. The minimum Gasteiger partial charge on any atom is -0.508 e. The minimum atomic E-state index is -0.594. The summed E-state index contributed by atoms with van der Waals surface area (Å²) in [6, 6.07) is 20.7. The first-order valence-corrected chi connectivity index (χ1v) is 24.5. The molecule has 0 radical (unpaired) electrons. The van der Waals surface area contributed by atoms with E-state index in [0.717, 1.165) is 100 Å². The maximum atomic E-state index is 12.6. The molecule has 4 aromatic carbocycles. The number of nitrogens with two attached hydrogens (primary N) is 1. The van der Waals surface area contributed by atoms with Crippen molar-refractivity contribution in [1.82, 2.24) is 10.6 Å². The van der Waals surface area contributed by atoms with E-state index in [2.05, 4.69) is 77.2 Å². The van der Waals surface area contributed by atoms with Crippen LogP contribution in [0.4, 0.5) is 5.69 Å². The Labute approximate surface area is 394 Å². The molecule has 0 saturated heterocycles. The average molecular weight is 905 g/mol. The van der Waals surface area contributed by atoms with E-state index in [1.807, 2.05) is 18.2 Å². The molecule has 350 valence electrons. The number of methoxy groups -OCH3 is 1. The van der Waals surface area contributed by atoms with Gasteiger partial charge in [-0.25, -0.2) is 0 Å². The molecule has 1 spiro atoms. The van der Waals surface area contributed by atoms with Crippen LogP contribution >= 0.6 is 0 Å². The van der Waals surface area contributed by atoms with E-state index in [9.17, 15) is 15.0 Å². The number of hydrogen-bond acceptors (Lipinski definition) is 11. The van der Waals surface area contributed by atoms with E-state index in [1.54, 1.807) is 19.2 Å². The number of dihydropyridines is 1. The molecule has 7 N–H and O–H groups in total. The van der Waals surface area contributed by atoms with Gasteiger partial charge in [-0.1, -0.05) is 55.2 Å². The Balaban J connectivity index is 1.15. The number of phenolic OH excluding ortho intramolecular Hbond substituents is 2. The zero-order chi connectivity index (χ0) is 46.2. The van der Waals surface area contributed by atoms with Crippen molar-refractivity contribution < 1.29 is 34.0 Å². The first-order valence-electron chi connectivity index (χ1n) is 24.5. The average Bonchev–Trinajstić information content (AvgIpc) is 4.08. The number of ether oxygens (including phenoxy) is 4. The molecule has 2 saturated carbocycles. The second kappa shape index (κ2) is 18.9. The van der Waals surface area contributed by atoms with Crippen molar-refractivity contribution in [1.29, 1.82) is 0 Å². The molecule has 4 bridgehead atoms. The number of carbonyl (C=O) groups excluding carboxylic acids is 1. The highest BCUT2D eigenvalue weighted by atomic mass is 16.5. The van der Waals surface area contributed by atoms with Gasteiger partial charge in [-0.3, -0.25) is 4.79 Å². The highest BCUT2D eigenvalue weighted by Gasteiger charge is 2.52. The van der Waals surface area contributed by atoms with Gasteiger partial charge in [0.15, 0.2) is 11.5 Å². The molecule has 3 heterocycles. The number of esters is 1. The molecule has 67 heavy (non-hydrogen) atoms. The van der Waals surface area contributed by atoms with Gasteiger partial charge >= 0.3 is 5.97 Å². The van der Waals surface area contributed by atoms with Gasteiger partial charge in [0.2, 0.25) is 0 Å². The van der Waals surface area contributed by atoms with Crippen molar-refractivity contribution in [3.8, 4) is 51.7 Å². The van der Waals surface area contributed by atoms with Crippen LogP contribution in [0.2, 0.25) is 0 Å². The van der Waals surface area contributed by atoms with E-state index in [-0.39, 0.29) is 47.2 Å². The van der Waals surface area contributed by atoms with Gasteiger partial charge in [0.1, 0.15) is 36.6 Å². The van der Waals surface area contributed by atoms with Crippen LogP contribution in [0.1, 0.15) is 111 Å². The number of benzene rings is 4. The molecule has 10 rings (SSSR count). The van der Waals surface area contributed by atoms with Gasteiger partial charge < -0.3 is 50.8 Å². The first-order chi connectivity index (χ1) is 32.6. The van der Waals surface area contributed by atoms with E-state index in [1.165, 1.54) is 38.2 Å². The molecule has 6 aliphatic rings. The molecule has 0 amide bonds. The molecule has 11 nitrogen and oxygen atoms in total. The maximum Gasteiger partial charge on any atom is 0.302 e. The fraction of sp³-hybridized carbons (Fsp3) is 0.446. The number of aryl methyl sites for hydroxylation is 1. The van der Waals surface area contributed by atoms with Crippen LogP contribution in [-0.2, 0) is 34.2 Å². The van der Waals surface area contributed by atoms with Gasteiger partial charge in [0.25, 0.3) is 0 Å². The SMILES string of the molecule is CCNc1ccccc1CCC1C2=C(C#CCc3cc(O)c(OCCNC4CCCC4)cc3C3Oc4c(ccc5c4C4(CCC1C4)Cc1cc(O)cc(OC)c1-5)C3COC(C)=O)NC(N)C=C2. The highest BCUT2D eigenvalue weighted by molar-refractivity contribution is 5.84. The summed E-state index contributed by atoms with van der Waals surface area (Å²) < 4.78 is 25.8. The number of nitrogens with one attached hydrogen (secondary N) is 3. The fourth-order valence-corrected chi connectivity index (χ4v) is 12.4. The smallest absolute Gasteiger partial charge is 0.302 e. The predicted octanol–water partition coefficient (Wildman–Crippen LogP) is 9.00. The van der Waals surface area contributed by atoms with Crippen molar-refractivity contribution in [2.75, 3.05) is 38.7 Å². The van der Waals surface area contributed by atoms with Crippen LogP contribution in [0.3, 0.4) is 0 Å². The number of rotatable bonds is 13. The molecule has 3 aliphatic heterocycles. The molecule has 11 heteroatoms. The minimum absolute atomic E-state index is 0.0329. The van der Waals surface area contributed by atoms with Crippen LogP contribution < -0.4 is 35.9 Å².